The molecule has 4 heteroatoms. The van der Waals surface area contributed by atoms with Crippen molar-refractivity contribution in [2.75, 3.05) is 6.61 Å². The SMILES string of the molecule is O=c1c2c(oc3c4c(ccc13)OCC=C4)COc1ccccc1-2. The van der Waals surface area contributed by atoms with Crippen molar-refractivity contribution in [1.82, 2.24) is 0 Å². The van der Waals surface area contributed by atoms with Crippen molar-refractivity contribution >= 4 is 17.0 Å². The molecule has 1 aromatic heterocycles. The van der Waals surface area contributed by atoms with Gasteiger partial charge in [-0.2, -0.15) is 0 Å². The van der Waals surface area contributed by atoms with E-state index in [0.29, 0.717) is 34.6 Å². The van der Waals surface area contributed by atoms with Gasteiger partial charge in [0, 0.05) is 5.56 Å². The average molecular weight is 304 g/mol. The van der Waals surface area contributed by atoms with Crippen molar-refractivity contribution in [2.45, 2.75) is 6.61 Å². The number of fused-ring (bicyclic) bond motifs is 6. The zero-order valence-electron chi connectivity index (χ0n) is 12.2. The number of para-hydroxylation sites is 1. The first-order valence-corrected chi connectivity index (χ1v) is 7.47. The summed E-state index contributed by atoms with van der Waals surface area (Å²) in [7, 11) is 0. The summed E-state index contributed by atoms with van der Waals surface area (Å²) < 4.78 is 17.4. The van der Waals surface area contributed by atoms with Crippen molar-refractivity contribution in [3.63, 3.8) is 0 Å². The Balaban J connectivity index is 1.90. The predicted octanol–water partition coefficient (Wildman–Crippen LogP) is 3.76. The molecular formula is C19H12O4. The smallest absolute Gasteiger partial charge is 0.201 e. The molecule has 0 bridgehead atoms. The van der Waals surface area contributed by atoms with E-state index in [4.69, 9.17) is 13.9 Å². The Kier molecular flexibility index (Phi) is 2.45. The molecule has 2 aliphatic heterocycles. The monoisotopic (exact) mass is 304 g/mol. The van der Waals surface area contributed by atoms with Crippen LogP contribution in [0.5, 0.6) is 11.5 Å². The van der Waals surface area contributed by atoms with Gasteiger partial charge in [-0.05, 0) is 30.4 Å². The Bertz CT molecular complexity index is 1040. The van der Waals surface area contributed by atoms with Crippen LogP contribution < -0.4 is 14.9 Å². The van der Waals surface area contributed by atoms with Crippen LogP contribution in [-0.4, -0.2) is 6.61 Å². The lowest BCUT2D eigenvalue weighted by Gasteiger charge is -2.20. The molecule has 0 saturated heterocycles. The first-order valence-electron chi connectivity index (χ1n) is 7.47. The minimum Gasteiger partial charge on any atom is -0.489 e. The van der Waals surface area contributed by atoms with E-state index in [0.717, 1.165) is 16.9 Å². The molecule has 0 fully saturated rings. The zero-order chi connectivity index (χ0) is 15.4. The van der Waals surface area contributed by atoms with Crippen LogP contribution in [0.15, 0.2) is 51.7 Å². The van der Waals surface area contributed by atoms with Crippen LogP contribution in [0, 0.1) is 0 Å². The fourth-order valence-electron chi connectivity index (χ4n) is 3.21. The van der Waals surface area contributed by atoms with Gasteiger partial charge in [-0.1, -0.05) is 18.2 Å². The Morgan fingerprint density at radius 1 is 0.957 bits per heavy atom. The molecule has 0 aliphatic carbocycles. The van der Waals surface area contributed by atoms with E-state index in [1.54, 1.807) is 6.07 Å². The molecule has 0 saturated carbocycles. The lowest BCUT2D eigenvalue weighted by molar-refractivity contribution is 0.266. The Labute approximate surface area is 131 Å². The van der Waals surface area contributed by atoms with E-state index >= 15 is 0 Å². The number of ether oxygens (including phenoxy) is 2. The minimum absolute atomic E-state index is 0.0289. The van der Waals surface area contributed by atoms with Crippen molar-refractivity contribution < 1.29 is 13.9 Å². The molecule has 23 heavy (non-hydrogen) atoms. The van der Waals surface area contributed by atoms with E-state index in [1.165, 1.54) is 0 Å². The number of hydrogen-bond acceptors (Lipinski definition) is 4. The van der Waals surface area contributed by atoms with E-state index in [1.807, 2.05) is 42.5 Å². The zero-order valence-corrected chi connectivity index (χ0v) is 12.2. The maximum absolute atomic E-state index is 13.0. The third kappa shape index (κ3) is 1.69. The first kappa shape index (κ1) is 12.5. The summed E-state index contributed by atoms with van der Waals surface area (Å²) in [5.74, 6) is 2.02. The Morgan fingerprint density at radius 3 is 2.83 bits per heavy atom. The summed E-state index contributed by atoms with van der Waals surface area (Å²) in [5.41, 5.74) is 2.73. The normalized spacial score (nSPS) is 14.4. The van der Waals surface area contributed by atoms with Gasteiger partial charge in [-0.25, -0.2) is 0 Å². The molecule has 0 atom stereocenters. The third-order valence-electron chi connectivity index (χ3n) is 4.27. The van der Waals surface area contributed by atoms with Crippen LogP contribution in [0.4, 0.5) is 0 Å². The number of benzene rings is 2. The van der Waals surface area contributed by atoms with E-state index < -0.39 is 0 Å². The van der Waals surface area contributed by atoms with Gasteiger partial charge in [0.2, 0.25) is 5.43 Å². The summed E-state index contributed by atoms with van der Waals surface area (Å²) in [4.78, 5) is 13.0. The van der Waals surface area contributed by atoms with Crippen LogP contribution in [0.3, 0.4) is 0 Å². The van der Waals surface area contributed by atoms with Gasteiger partial charge in [-0.3, -0.25) is 4.79 Å². The largest absolute Gasteiger partial charge is 0.489 e. The predicted molar refractivity (Wildman–Crippen MR) is 86.8 cm³/mol. The molecule has 0 spiro atoms. The van der Waals surface area contributed by atoms with Gasteiger partial charge in [0.1, 0.15) is 30.3 Å². The van der Waals surface area contributed by atoms with Crippen molar-refractivity contribution in [3.05, 3.63) is 64.0 Å². The summed E-state index contributed by atoms with van der Waals surface area (Å²) in [5, 5.41) is 0.564. The van der Waals surface area contributed by atoms with Crippen LogP contribution in [0.1, 0.15) is 11.3 Å². The topological polar surface area (TPSA) is 48.7 Å². The lowest BCUT2D eigenvalue weighted by Crippen LogP contribution is -2.16. The first-order chi connectivity index (χ1) is 11.3. The summed E-state index contributed by atoms with van der Waals surface area (Å²) in [6.45, 7) is 0.788. The molecule has 0 unspecified atom stereocenters. The summed E-state index contributed by atoms with van der Waals surface area (Å²) >= 11 is 0. The fraction of sp³-hybridized carbons (Fsp3) is 0.105. The van der Waals surface area contributed by atoms with Crippen molar-refractivity contribution in [3.8, 4) is 22.6 Å². The van der Waals surface area contributed by atoms with Gasteiger partial charge in [0.25, 0.3) is 0 Å². The van der Waals surface area contributed by atoms with E-state index in [9.17, 15) is 4.79 Å². The molecule has 112 valence electrons. The molecule has 0 radical (unpaired) electrons. The molecule has 3 aromatic rings. The Morgan fingerprint density at radius 2 is 1.87 bits per heavy atom. The maximum atomic E-state index is 13.0. The fourth-order valence-corrected chi connectivity index (χ4v) is 3.21. The quantitative estimate of drug-likeness (QED) is 0.634. The molecule has 5 rings (SSSR count). The Hall–Kier alpha value is -3.01. The van der Waals surface area contributed by atoms with Crippen LogP contribution >= 0.6 is 0 Å². The molecule has 0 N–H and O–H groups in total. The summed E-state index contributed by atoms with van der Waals surface area (Å²) in [6, 6.07) is 11.1. The van der Waals surface area contributed by atoms with Crippen molar-refractivity contribution in [2.24, 2.45) is 0 Å². The standard InChI is InChI=1S/C19H12O4/c20-18-13-7-8-15-12(5-3-9-21-15)19(13)23-16-10-22-14-6-2-1-4-11(14)17(16)18/h1-8H,9-10H2. The molecule has 0 amide bonds. The molecular weight excluding hydrogens is 292 g/mol. The van der Waals surface area contributed by atoms with Crippen LogP contribution in [0.25, 0.3) is 28.2 Å². The van der Waals surface area contributed by atoms with Crippen LogP contribution in [-0.2, 0) is 6.61 Å². The van der Waals surface area contributed by atoms with Gasteiger partial charge in [-0.15, -0.1) is 0 Å². The van der Waals surface area contributed by atoms with Crippen LogP contribution in [0.2, 0.25) is 0 Å². The molecule has 2 aliphatic rings. The van der Waals surface area contributed by atoms with Gasteiger partial charge in [0.05, 0.1) is 16.5 Å². The summed E-state index contributed by atoms with van der Waals surface area (Å²) in [6.07, 6.45) is 3.85. The number of rotatable bonds is 0. The lowest BCUT2D eigenvalue weighted by atomic mass is 9.98. The van der Waals surface area contributed by atoms with Gasteiger partial charge < -0.3 is 13.9 Å². The number of hydrogen-bond donors (Lipinski definition) is 0. The molecule has 4 nitrogen and oxygen atoms in total. The minimum atomic E-state index is -0.0289. The second kappa shape index (κ2) is 4.49. The van der Waals surface area contributed by atoms with Gasteiger partial charge in [0.15, 0.2) is 5.76 Å². The highest BCUT2D eigenvalue weighted by molar-refractivity contribution is 5.92. The second-order valence-corrected chi connectivity index (χ2v) is 5.58. The van der Waals surface area contributed by atoms with Crippen molar-refractivity contribution in [1.29, 1.82) is 0 Å². The van der Waals surface area contributed by atoms with E-state index in [-0.39, 0.29) is 12.0 Å². The highest BCUT2D eigenvalue weighted by atomic mass is 16.5. The second-order valence-electron chi connectivity index (χ2n) is 5.58. The highest BCUT2D eigenvalue weighted by Crippen LogP contribution is 2.38. The highest BCUT2D eigenvalue weighted by Gasteiger charge is 2.25. The third-order valence-corrected chi connectivity index (χ3v) is 4.27. The maximum Gasteiger partial charge on any atom is 0.201 e. The molecule has 2 aromatic carbocycles. The average Bonchev–Trinajstić information content (AvgIpc) is 2.61. The van der Waals surface area contributed by atoms with Gasteiger partial charge >= 0.3 is 0 Å². The molecule has 3 heterocycles. The van der Waals surface area contributed by atoms with E-state index in [2.05, 4.69) is 0 Å².